The molecule has 0 radical (unpaired) electrons. The molecule has 1 aliphatic rings. The normalized spacial score (nSPS) is 29.5. The Kier molecular flexibility index (Phi) is 3.34. The third-order valence-corrected chi connectivity index (χ3v) is 4.23. The van der Waals surface area contributed by atoms with Gasteiger partial charge in [0, 0.05) is 25.0 Å². The van der Waals surface area contributed by atoms with E-state index in [4.69, 9.17) is 0 Å². The summed E-state index contributed by atoms with van der Waals surface area (Å²) in [5, 5.41) is 0. The smallest absolute Gasteiger partial charge is 0.137 e. The minimum absolute atomic E-state index is 0.158. The lowest BCUT2D eigenvalue weighted by atomic mass is 9.78. The van der Waals surface area contributed by atoms with E-state index in [1.807, 2.05) is 6.07 Å². The van der Waals surface area contributed by atoms with Crippen LogP contribution in [0.25, 0.3) is 0 Å². The Balaban J connectivity index is 2.05. The molecule has 17 heavy (non-hydrogen) atoms. The van der Waals surface area contributed by atoms with Gasteiger partial charge in [0.25, 0.3) is 0 Å². The van der Waals surface area contributed by atoms with Crippen LogP contribution in [0.5, 0.6) is 0 Å². The molecule has 2 heteroatoms. The molecule has 1 fully saturated rings. The number of hydrogen-bond donors (Lipinski definition) is 0. The summed E-state index contributed by atoms with van der Waals surface area (Å²) >= 11 is 0. The summed E-state index contributed by atoms with van der Waals surface area (Å²) in [5.74, 6) is 0.768. The van der Waals surface area contributed by atoms with Crippen molar-refractivity contribution in [2.75, 3.05) is 13.1 Å². The molecule has 1 saturated heterocycles. The number of carbonyl (C=O) groups is 1. The molecule has 0 amide bonds. The maximum Gasteiger partial charge on any atom is 0.137 e. The highest BCUT2D eigenvalue weighted by Gasteiger charge is 2.43. The van der Waals surface area contributed by atoms with E-state index in [0.29, 0.717) is 11.7 Å². The first kappa shape index (κ1) is 12.3. The van der Waals surface area contributed by atoms with Crippen LogP contribution in [0.2, 0.25) is 0 Å². The number of nitrogens with zero attached hydrogens (tertiary/aromatic N) is 1. The van der Waals surface area contributed by atoms with Crippen molar-refractivity contribution in [2.45, 2.75) is 27.3 Å². The zero-order valence-electron chi connectivity index (χ0n) is 10.9. The number of benzene rings is 1. The van der Waals surface area contributed by atoms with Gasteiger partial charge in [-0.2, -0.15) is 0 Å². The van der Waals surface area contributed by atoms with E-state index in [2.05, 4.69) is 43.0 Å². The number of carbonyl (C=O) groups excluding carboxylic acids is 1. The van der Waals surface area contributed by atoms with Gasteiger partial charge in [0.1, 0.15) is 5.78 Å². The average Bonchev–Trinajstić information content (AvgIpc) is 2.57. The van der Waals surface area contributed by atoms with E-state index in [9.17, 15) is 4.79 Å². The first-order chi connectivity index (χ1) is 8.02. The van der Waals surface area contributed by atoms with Crippen LogP contribution in [0.3, 0.4) is 0 Å². The van der Waals surface area contributed by atoms with Crippen LogP contribution in [-0.4, -0.2) is 23.8 Å². The second-order valence-corrected chi connectivity index (χ2v) is 5.53. The van der Waals surface area contributed by atoms with Crippen molar-refractivity contribution < 1.29 is 4.79 Å². The van der Waals surface area contributed by atoms with Gasteiger partial charge < -0.3 is 0 Å². The summed E-state index contributed by atoms with van der Waals surface area (Å²) in [5.41, 5.74) is 1.17. The zero-order chi connectivity index (χ0) is 12.5. The number of Topliss-reactive ketones (excluding diaryl/α,β-unsaturated/α-hetero) is 1. The Morgan fingerprint density at radius 2 is 2.06 bits per heavy atom. The molecule has 92 valence electrons. The predicted octanol–water partition coefficient (Wildman–Crippen LogP) is 2.73. The Morgan fingerprint density at radius 3 is 2.59 bits per heavy atom. The van der Waals surface area contributed by atoms with E-state index >= 15 is 0 Å². The van der Waals surface area contributed by atoms with Gasteiger partial charge in [-0.15, -0.1) is 0 Å². The molecule has 1 aromatic carbocycles. The second kappa shape index (κ2) is 4.61. The fourth-order valence-electron chi connectivity index (χ4n) is 2.69. The summed E-state index contributed by atoms with van der Waals surface area (Å²) in [6.07, 6.45) is 0. The van der Waals surface area contributed by atoms with Gasteiger partial charge in [0.05, 0.1) is 0 Å². The first-order valence-corrected chi connectivity index (χ1v) is 6.29. The molecule has 0 N–H and O–H groups in total. The monoisotopic (exact) mass is 231 g/mol. The van der Waals surface area contributed by atoms with Crippen molar-refractivity contribution in [1.82, 2.24) is 4.90 Å². The van der Waals surface area contributed by atoms with Gasteiger partial charge >= 0.3 is 0 Å². The molecule has 1 aromatic rings. The third kappa shape index (κ3) is 2.42. The van der Waals surface area contributed by atoms with Gasteiger partial charge in [0.15, 0.2) is 0 Å². The molecule has 2 nitrogen and oxygen atoms in total. The Morgan fingerprint density at radius 1 is 1.41 bits per heavy atom. The van der Waals surface area contributed by atoms with Crippen LogP contribution < -0.4 is 0 Å². The largest absolute Gasteiger partial charge is 0.299 e. The fraction of sp³-hybridized carbons (Fsp3) is 0.533. The van der Waals surface area contributed by atoms with Gasteiger partial charge in [-0.1, -0.05) is 44.2 Å². The van der Waals surface area contributed by atoms with Crippen LogP contribution in [-0.2, 0) is 11.3 Å². The van der Waals surface area contributed by atoms with Crippen LogP contribution in [0, 0.1) is 11.3 Å². The van der Waals surface area contributed by atoms with Crippen LogP contribution >= 0.6 is 0 Å². The lowest BCUT2D eigenvalue weighted by Gasteiger charge is -2.25. The molecule has 2 atom stereocenters. The quantitative estimate of drug-likeness (QED) is 0.797. The maximum atomic E-state index is 11.7. The molecule has 0 bridgehead atoms. The molecule has 0 unspecified atom stereocenters. The topological polar surface area (TPSA) is 20.3 Å². The summed E-state index contributed by atoms with van der Waals surface area (Å²) < 4.78 is 0. The van der Waals surface area contributed by atoms with Crippen molar-refractivity contribution in [2.24, 2.45) is 11.3 Å². The van der Waals surface area contributed by atoms with Crippen LogP contribution in [0.4, 0.5) is 0 Å². The Bertz CT molecular complexity index is 401. The maximum absolute atomic E-state index is 11.7. The number of likely N-dealkylation sites (tertiary alicyclic amines) is 1. The summed E-state index contributed by atoms with van der Waals surface area (Å²) in [7, 11) is 0. The van der Waals surface area contributed by atoms with Crippen molar-refractivity contribution in [3.8, 4) is 0 Å². The number of ketones is 1. The van der Waals surface area contributed by atoms with E-state index in [0.717, 1.165) is 19.6 Å². The molecular weight excluding hydrogens is 210 g/mol. The van der Waals surface area contributed by atoms with Gasteiger partial charge in [-0.25, -0.2) is 0 Å². The highest BCUT2D eigenvalue weighted by molar-refractivity contribution is 5.82. The highest BCUT2D eigenvalue weighted by atomic mass is 16.1. The minimum Gasteiger partial charge on any atom is -0.299 e. The van der Waals surface area contributed by atoms with Crippen LogP contribution in [0.15, 0.2) is 30.3 Å². The van der Waals surface area contributed by atoms with Crippen molar-refractivity contribution in [1.29, 1.82) is 0 Å². The van der Waals surface area contributed by atoms with Crippen molar-refractivity contribution in [3.05, 3.63) is 35.9 Å². The van der Waals surface area contributed by atoms with E-state index in [1.54, 1.807) is 6.92 Å². The van der Waals surface area contributed by atoms with Crippen molar-refractivity contribution in [3.63, 3.8) is 0 Å². The van der Waals surface area contributed by atoms with Gasteiger partial charge in [0.2, 0.25) is 0 Å². The SMILES string of the molecule is CC(=O)[C@]1(C)CN(Cc2ccccc2)C[C@@H]1C. The molecule has 1 aliphatic heterocycles. The third-order valence-electron chi connectivity index (χ3n) is 4.23. The molecular formula is C15H21NO. The summed E-state index contributed by atoms with van der Waals surface area (Å²) in [4.78, 5) is 14.1. The van der Waals surface area contributed by atoms with Crippen molar-refractivity contribution >= 4 is 5.78 Å². The van der Waals surface area contributed by atoms with E-state index in [-0.39, 0.29) is 5.41 Å². The molecule has 0 saturated carbocycles. The predicted molar refractivity (Wildman–Crippen MR) is 69.7 cm³/mol. The summed E-state index contributed by atoms with van der Waals surface area (Å²) in [6, 6.07) is 10.5. The fourth-order valence-corrected chi connectivity index (χ4v) is 2.69. The molecule has 2 rings (SSSR count). The Hall–Kier alpha value is -1.15. The molecule has 0 spiro atoms. The number of rotatable bonds is 3. The lowest BCUT2D eigenvalue weighted by Crippen LogP contribution is -2.33. The first-order valence-electron chi connectivity index (χ1n) is 6.29. The second-order valence-electron chi connectivity index (χ2n) is 5.53. The molecule has 0 aromatic heterocycles. The zero-order valence-corrected chi connectivity index (χ0v) is 10.9. The van der Waals surface area contributed by atoms with Crippen LogP contribution in [0.1, 0.15) is 26.3 Å². The number of hydrogen-bond acceptors (Lipinski definition) is 2. The highest BCUT2D eigenvalue weighted by Crippen LogP contribution is 2.36. The molecule has 0 aliphatic carbocycles. The standard InChI is InChI=1S/C15H21NO/c1-12-9-16(11-15(12,3)13(2)17)10-14-7-5-4-6-8-14/h4-8,12H,9-11H2,1-3H3/t12-,15+/m0/s1. The lowest BCUT2D eigenvalue weighted by molar-refractivity contribution is -0.126. The van der Waals surface area contributed by atoms with Gasteiger partial charge in [-0.05, 0) is 18.4 Å². The van der Waals surface area contributed by atoms with E-state index < -0.39 is 0 Å². The molecule has 1 heterocycles. The Labute approximate surface area is 104 Å². The minimum atomic E-state index is -0.158. The van der Waals surface area contributed by atoms with E-state index in [1.165, 1.54) is 5.56 Å². The summed E-state index contributed by atoms with van der Waals surface area (Å²) in [6.45, 7) is 8.87. The van der Waals surface area contributed by atoms with Gasteiger partial charge in [-0.3, -0.25) is 9.69 Å². The average molecular weight is 231 g/mol.